The summed E-state index contributed by atoms with van der Waals surface area (Å²) in [4.78, 5) is 28.2. The first-order valence-corrected chi connectivity index (χ1v) is 8.75. The maximum atomic E-state index is 12.3. The first kappa shape index (κ1) is 18.0. The summed E-state index contributed by atoms with van der Waals surface area (Å²) in [7, 11) is 0. The summed E-state index contributed by atoms with van der Waals surface area (Å²) in [5.41, 5.74) is 1.15. The van der Waals surface area contributed by atoms with Gasteiger partial charge < -0.3 is 10.2 Å². The van der Waals surface area contributed by atoms with Gasteiger partial charge in [0.1, 0.15) is 0 Å². The summed E-state index contributed by atoms with van der Waals surface area (Å²) in [6.45, 7) is 12.4. The molecule has 5 heteroatoms. The monoisotopic (exact) mass is 321 g/mol. The minimum Gasteiger partial charge on any atom is -0.353 e. The number of hydrogen-bond donors (Lipinski definition) is 1. The van der Waals surface area contributed by atoms with Gasteiger partial charge in [-0.15, -0.1) is 0 Å². The number of nitrogens with zero attached hydrogens (tertiary/aromatic N) is 2. The van der Waals surface area contributed by atoms with Crippen molar-refractivity contribution in [1.82, 2.24) is 15.1 Å². The molecule has 130 valence electrons. The molecule has 0 bridgehead atoms. The second kappa shape index (κ2) is 7.47. The molecule has 2 rings (SSSR count). The van der Waals surface area contributed by atoms with Gasteiger partial charge in [-0.05, 0) is 25.2 Å². The molecule has 2 fully saturated rings. The molecule has 1 aliphatic carbocycles. The number of nitrogens with one attached hydrogen (secondary N) is 1. The average molecular weight is 321 g/mol. The number of piperazine rings is 1. The number of amides is 2. The lowest BCUT2D eigenvalue weighted by atomic mass is 9.87. The van der Waals surface area contributed by atoms with E-state index in [4.69, 9.17) is 0 Å². The Bertz CT molecular complexity index is 467. The zero-order chi connectivity index (χ0) is 17.0. The predicted molar refractivity (Wildman–Crippen MR) is 92.0 cm³/mol. The molecule has 2 amide bonds. The van der Waals surface area contributed by atoms with Gasteiger partial charge in [0, 0.05) is 51.3 Å². The van der Waals surface area contributed by atoms with Crippen molar-refractivity contribution >= 4 is 11.8 Å². The van der Waals surface area contributed by atoms with Crippen LogP contribution in [0.4, 0.5) is 0 Å². The summed E-state index contributed by atoms with van der Waals surface area (Å²) >= 11 is 0. The SMILES string of the molecule is C/C(=C\C(=O)N1CCN(CCC(=O)NC2CC2)CC1)C(C)(C)C. The summed E-state index contributed by atoms with van der Waals surface area (Å²) in [6, 6.07) is 0.440. The fourth-order valence-corrected chi connectivity index (χ4v) is 2.47. The van der Waals surface area contributed by atoms with Gasteiger partial charge >= 0.3 is 0 Å². The van der Waals surface area contributed by atoms with E-state index in [-0.39, 0.29) is 17.2 Å². The summed E-state index contributed by atoms with van der Waals surface area (Å²) in [5, 5.41) is 3.02. The summed E-state index contributed by atoms with van der Waals surface area (Å²) in [6.07, 6.45) is 4.61. The Morgan fingerprint density at radius 2 is 1.74 bits per heavy atom. The van der Waals surface area contributed by atoms with E-state index in [1.54, 1.807) is 6.08 Å². The van der Waals surface area contributed by atoms with E-state index in [1.807, 2.05) is 11.8 Å². The maximum absolute atomic E-state index is 12.3. The lowest BCUT2D eigenvalue weighted by Crippen LogP contribution is -2.49. The van der Waals surface area contributed by atoms with E-state index in [9.17, 15) is 9.59 Å². The summed E-state index contributed by atoms with van der Waals surface area (Å²) in [5.74, 6) is 0.276. The summed E-state index contributed by atoms with van der Waals surface area (Å²) < 4.78 is 0. The zero-order valence-electron chi connectivity index (χ0n) is 15.0. The van der Waals surface area contributed by atoms with Crippen LogP contribution in [-0.4, -0.2) is 60.4 Å². The largest absolute Gasteiger partial charge is 0.353 e. The molecule has 1 saturated heterocycles. The topological polar surface area (TPSA) is 52.7 Å². The van der Waals surface area contributed by atoms with Crippen molar-refractivity contribution < 1.29 is 9.59 Å². The van der Waals surface area contributed by atoms with Crippen molar-refractivity contribution in [2.75, 3.05) is 32.7 Å². The minimum atomic E-state index is 0.0341. The molecule has 0 unspecified atom stereocenters. The van der Waals surface area contributed by atoms with Crippen LogP contribution in [0.2, 0.25) is 0 Å². The van der Waals surface area contributed by atoms with E-state index in [1.165, 1.54) is 0 Å². The molecule has 0 atom stereocenters. The molecule has 1 N–H and O–H groups in total. The molecule has 0 aromatic carbocycles. The molecular weight excluding hydrogens is 290 g/mol. The van der Waals surface area contributed by atoms with Crippen LogP contribution in [0.25, 0.3) is 0 Å². The van der Waals surface area contributed by atoms with E-state index < -0.39 is 0 Å². The van der Waals surface area contributed by atoms with Gasteiger partial charge in [-0.2, -0.15) is 0 Å². The van der Waals surface area contributed by atoms with Crippen LogP contribution >= 0.6 is 0 Å². The van der Waals surface area contributed by atoms with Crippen LogP contribution in [0.15, 0.2) is 11.6 Å². The molecule has 1 heterocycles. The Hall–Kier alpha value is -1.36. The van der Waals surface area contributed by atoms with Crippen LogP contribution in [0.3, 0.4) is 0 Å². The van der Waals surface area contributed by atoms with Gasteiger partial charge in [-0.1, -0.05) is 26.3 Å². The molecule has 5 nitrogen and oxygen atoms in total. The normalized spacial score (nSPS) is 20.5. The highest BCUT2D eigenvalue weighted by atomic mass is 16.2. The Labute approximate surface area is 140 Å². The molecule has 0 aromatic heterocycles. The van der Waals surface area contributed by atoms with Crippen LogP contribution in [0.1, 0.15) is 47.0 Å². The molecule has 0 aromatic rings. The first-order valence-electron chi connectivity index (χ1n) is 8.75. The molecule has 0 radical (unpaired) electrons. The Balaban J connectivity index is 1.70. The van der Waals surface area contributed by atoms with Gasteiger partial charge in [0.2, 0.25) is 11.8 Å². The fourth-order valence-electron chi connectivity index (χ4n) is 2.47. The highest BCUT2D eigenvalue weighted by Gasteiger charge is 2.24. The van der Waals surface area contributed by atoms with Crippen molar-refractivity contribution in [2.45, 2.75) is 53.0 Å². The predicted octanol–water partition coefficient (Wildman–Crippen LogP) is 1.79. The Morgan fingerprint density at radius 1 is 1.13 bits per heavy atom. The van der Waals surface area contributed by atoms with Crippen molar-refractivity contribution in [1.29, 1.82) is 0 Å². The molecule has 1 saturated carbocycles. The third kappa shape index (κ3) is 5.98. The van der Waals surface area contributed by atoms with E-state index in [2.05, 4.69) is 31.0 Å². The highest BCUT2D eigenvalue weighted by molar-refractivity contribution is 5.88. The highest BCUT2D eigenvalue weighted by Crippen LogP contribution is 2.24. The van der Waals surface area contributed by atoms with E-state index >= 15 is 0 Å². The number of allylic oxidation sites excluding steroid dienone is 1. The zero-order valence-corrected chi connectivity index (χ0v) is 15.0. The smallest absolute Gasteiger partial charge is 0.246 e. The van der Waals surface area contributed by atoms with Gasteiger partial charge in [-0.3, -0.25) is 14.5 Å². The van der Waals surface area contributed by atoms with Gasteiger partial charge in [0.15, 0.2) is 0 Å². The molecular formula is C18H31N3O2. The van der Waals surface area contributed by atoms with E-state index in [0.29, 0.717) is 12.5 Å². The third-order valence-electron chi connectivity index (χ3n) is 4.80. The number of rotatable bonds is 5. The first-order chi connectivity index (χ1) is 10.8. The average Bonchev–Trinajstić information content (AvgIpc) is 3.28. The second-order valence-electron chi connectivity index (χ2n) is 7.84. The van der Waals surface area contributed by atoms with Gasteiger partial charge in [0.25, 0.3) is 0 Å². The van der Waals surface area contributed by atoms with Crippen molar-refractivity contribution in [3.63, 3.8) is 0 Å². The number of carbonyl (C=O) groups is 2. The van der Waals surface area contributed by atoms with Gasteiger partial charge in [0.05, 0.1) is 0 Å². The van der Waals surface area contributed by atoms with Crippen molar-refractivity contribution in [2.24, 2.45) is 5.41 Å². The third-order valence-corrected chi connectivity index (χ3v) is 4.80. The van der Waals surface area contributed by atoms with Crippen molar-refractivity contribution in [3.8, 4) is 0 Å². The fraction of sp³-hybridized carbons (Fsp3) is 0.778. The standard InChI is InChI=1S/C18H31N3O2/c1-14(18(2,3)4)13-17(23)21-11-9-20(10-12-21)8-7-16(22)19-15-5-6-15/h13,15H,5-12H2,1-4H3,(H,19,22)/b14-13+. The lowest BCUT2D eigenvalue weighted by Gasteiger charge is -2.34. The van der Waals surface area contributed by atoms with Crippen LogP contribution in [-0.2, 0) is 9.59 Å². The van der Waals surface area contributed by atoms with Crippen LogP contribution in [0, 0.1) is 5.41 Å². The maximum Gasteiger partial charge on any atom is 0.246 e. The van der Waals surface area contributed by atoms with E-state index in [0.717, 1.165) is 51.1 Å². The Kier molecular flexibility index (Phi) is 5.84. The molecule has 2 aliphatic rings. The van der Waals surface area contributed by atoms with Crippen LogP contribution < -0.4 is 5.32 Å². The Morgan fingerprint density at radius 3 is 2.26 bits per heavy atom. The minimum absolute atomic E-state index is 0.0341. The molecule has 1 aliphatic heterocycles. The lowest BCUT2D eigenvalue weighted by molar-refractivity contribution is -0.128. The number of carbonyl (C=O) groups excluding carboxylic acids is 2. The number of hydrogen-bond acceptors (Lipinski definition) is 3. The second-order valence-corrected chi connectivity index (χ2v) is 7.84. The van der Waals surface area contributed by atoms with Crippen molar-refractivity contribution in [3.05, 3.63) is 11.6 Å². The van der Waals surface area contributed by atoms with Gasteiger partial charge in [-0.25, -0.2) is 0 Å². The quantitative estimate of drug-likeness (QED) is 0.786. The van der Waals surface area contributed by atoms with Crippen LogP contribution in [0.5, 0.6) is 0 Å². The molecule has 0 spiro atoms. The molecule has 23 heavy (non-hydrogen) atoms.